The molecule has 2 rings (SSSR count). The Hall–Kier alpha value is -0.380. The topological polar surface area (TPSA) is 29.1 Å². The van der Waals surface area contributed by atoms with Gasteiger partial charge in [-0.2, -0.15) is 0 Å². The number of rotatable bonds is 5. The maximum Gasteiger partial charge on any atom is 0.0576 e. The summed E-state index contributed by atoms with van der Waals surface area (Å²) in [5.74, 6) is 0.714. The molecular formula is C16H24ClNOS. The van der Waals surface area contributed by atoms with Crippen molar-refractivity contribution >= 4 is 22.4 Å². The first-order valence-corrected chi connectivity index (χ1v) is 9.14. The molecule has 4 atom stereocenters. The van der Waals surface area contributed by atoms with Crippen molar-refractivity contribution in [3.05, 3.63) is 29.3 Å². The molecule has 0 aromatic heterocycles. The number of hydrogen-bond acceptors (Lipinski definition) is 2. The smallest absolute Gasteiger partial charge is 0.0576 e. The first kappa shape index (κ1) is 16.0. The minimum absolute atomic E-state index is 0.217. The van der Waals surface area contributed by atoms with Crippen LogP contribution in [0.2, 0.25) is 5.02 Å². The summed E-state index contributed by atoms with van der Waals surface area (Å²) < 4.78 is 12.9. The average molecular weight is 314 g/mol. The first-order chi connectivity index (χ1) is 9.65. The van der Waals surface area contributed by atoms with E-state index in [0.29, 0.717) is 17.0 Å². The van der Waals surface area contributed by atoms with Crippen LogP contribution in [-0.4, -0.2) is 22.0 Å². The molecule has 1 aliphatic rings. The molecule has 112 valence electrons. The van der Waals surface area contributed by atoms with Gasteiger partial charge in [0.25, 0.3) is 0 Å². The average Bonchev–Trinajstić information content (AvgIpc) is 2.48. The normalized spacial score (nSPS) is 28.2. The van der Waals surface area contributed by atoms with Crippen LogP contribution >= 0.6 is 11.6 Å². The van der Waals surface area contributed by atoms with Crippen LogP contribution in [0.25, 0.3) is 0 Å². The highest BCUT2D eigenvalue weighted by atomic mass is 35.5. The fourth-order valence-electron chi connectivity index (χ4n) is 3.06. The molecular weight excluding hydrogens is 290 g/mol. The Bertz CT molecular complexity index is 448. The van der Waals surface area contributed by atoms with Crippen molar-refractivity contribution in [1.82, 2.24) is 5.32 Å². The summed E-state index contributed by atoms with van der Waals surface area (Å²) in [7, 11) is -0.953. The third-order valence-electron chi connectivity index (χ3n) is 4.26. The minimum atomic E-state index is -0.953. The predicted octanol–water partition coefficient (Wildman–Crippen LogP) is 4.00. The largest absolute Gasteiger partial charge is 0.313 e. The van der Waals surface area contributed by atoms with Crippen molar-refractivity contribution in [3.8, 4) is 0 Å². The van der Waals surface area contributed by atoms with Crippen molar-refractivity contribution < 1.29 is 4.21 Å². The van der Waals surface area contributed by atoms with Gasteiger partial charge < -0.3 is 5.32 Å². The summed E-state index contributed by atoms with van der Waals surface area (Å²) in [6.07, 6.45) is 4.63. The van der Waals surface area contributed by atoms with Crippen molar-refractivity contribution in [2.75, 3.05) is 6.54 Å². The zero-order valence-corrected chi connectivity index (χ0v) is 13.8. The molecule has 1 aromatic rings. The summed E-state index contributed by atoms with van der Waals surface area (Å²) in [6, 6.07) is 7.84. The fourth-order valence-corrected chi connectivity index (χ4v) is 4.92. The van der Waals surface area contributed by atoms with E-state index in [1.165, 1.54) is 12.8 Å². The van der Waals surface area contributed by atoms with Crippen LogP contribution in [0.5, 0.6) is 0 Å². The number of benzene rings is 1. The van der Waals surface area contributed by atoms with Crippen LogP contribution in [0.3, 0.4) is 0 Å². The molecule has 1 aliphatic carbocycles. The molecule has 1 aromatic carbocycles. The molecule has 1 fully saturated rings. The van der Waals surface area contributed by atoms with E-state index in [4.69, 9.17) is 11.6 Å². The lowest BCUT2D eigenvalue weighted by Gasteiger charge is -2.35. The quantitative estimate of drug-likeness (QED) is 0.890. The summed E-state index contributed by atoms with van der Waals surface area (Å²) in [4.78, 5) is 0.902. The fraction of sp³-hybridized carbons (Fsp3) is 0.625. The lowest BCUT2D eigenvalue weighted by molar-refractivity contribution is 0.294. The van der Waals surface area contributed by atoms with E-state index in [0.717, 1.165) is 24.3 Å². The third kappa shape index (κ3) is 3.84. The molecule has 0 amide bonds. The van der Waals surface area contributed by atoms with E-state index < -0.39 is 10.8 Å². The van der Waals surface area contributed by atoms with Gasteiger partial charge in [-0.25, -0.2) is 0 Å². The Labute approximate surface area is 129 Å². The van der Waals surface area contributed by atoms with E-state index >= 15 is 0 Å². The standard InChI is InChI=1S/C16H24ClNOS/c1-3-12-5-10-15(18-4-2)16(11-12)20(19)14-8-6-13(17)7-9-14/h6-9,12,15-16,18H,3-5,10-11H2,1-2H3. The molecule has 0 saturated heterocycles. The molecule has 0 aliphatic heterocycles. The Morgan fingerprint density at radius 3 is 2.55 bits per heavy atom. The maximum atomic E-state index is 12.9. The Balaban J connectivity index is 2.16. The predicted molar refractivity (Wildman–Crippen MR) is 86.7 cm³/mol. The van der Waals surface area contributed by atoms with Gasteiger partial charge in [0.2, 0.25) is 0 Å². The van der Waals surface area contributed by atoms with Gasteiger partial charge in [0.05, 0.1) is 16.0 Å². The lowest BCUT2D eigenvalue weighted by Crippen LogP contribution is -2.46. The van der Waals surface area contributed by atoms with Gasteiger partial charge in [-0.3, -0.25) is 4.21 Å². The minimum Gasteiger partial charge on any atom is -0.313 e. The van der Waals surface area contributed by atoms with Gasteiger partial charge in [-0.15, -0.1) is 0 Å². The monoisotopic (exact) mass is 313 g/mol. The Morgan fingerprint density at radius 2 is 1.95 bits per heavy atom. The summed E-state index contributed by atoms with van der Waals surface area (Å²) in [5.41, 5.74) is 0. The van der Waals surface area contributed by atoms with E-state index in [9.17, 15) is 4.21 Å². The zero-order valence-electron chi connectivity index (χ0n) is 12.3. The van der Waals surface area contributed by atoms with Gasteiger partial charge in [-0.05, 0) is 56.0 Å². The van der Waals surface area contributed by atoms with Crippen molar-refractivity contribution in [3.63, 3.8) is 0 Å². The van der Waals surface area contributed by atoms with Gasteiger partial charge in [0.15, 0.2) is 0 Å². The van der Waals surface area contributed by atoms with E-state index in [-0.39, 0.29) is 5.25 Å². The molecule has 1 saturated carbocycles. The summed E-state index contributed by atoms with van der Waals surface area (Å²) in [5, 5.41) is 4.44. The molecule has 0 heterocycles. The Morgan fingerprint density at radius 1 is 1.25 bits per heavy atom. The highest BCUT2D eigenvalue weighted by molar-refractivity contribution is 7.85. The van der Waals surface area contributed by atoms with Crippen LogP contribution in [0.15, 0.2) is 29.2 Å². The highest BCUT2D eigenvalue weighted by Gasteiger charge is 2.33. The highest BCUT2D eigenvalue weighted by Crippen LogP contribution is 2.32. The second kappa shape index (κ2) is 7.58. The van der Waals surface area contributed by atoms with Gasteiger partial charge in [-0.1, -0.05) is 31.9 Å². The van der Waals surface area contributed by atoms with Crippen molar-refractivity contribution in [2.45, 2.75) is 55.7 Å². The third-order valence-corrected chi connectivity index (χ3v) is 6.32. The molecule has 0 radical (unpaired) electrons. The molecule has 0 spiro atoms. The van der Waals surface area contributed by atoms with E-state index in [1.54, 1.807) is 0 Å². The SMILES string of the molecule is CCNC1CCC(CC)CC1S(=O)c1ccc(Cl)cc1. The number of hydrogen-bond donors (Lipinski definition) is 1. The van der Waals surface area contributed by atoms with Crippen molar-refractivity contribution in [2.24, 2.45) is 5.92 Å². The van der Waals surface area contributed by atoms with Crippen LogP contribution in [0.4, 0.5) is 0 Å². The molecule has 0 bridgehead atoms. The zero-order chi connectivity index (χ0) is 14.5. The van der Waals surface area contributed by atoms with E-state index in [2.05, 4.69) is 19.2 Å². The number of nitrogens with one attached hydrogen (secondary N) is 1. The van der Waals surface area contributed by atoms with Crippen LogP contribution in [-0.2, 0) is 10.8 Å². The van der Waals surface area contributed by atoms with Gasteiger partial charge in [0.1, 0.15) is 0 Å². The first-order valence-electron chi connectivity index (χ1n) is 7.55. The second-order valence-corrected chi connectivity index (χ2v) is 7.65. The van der Waals surface area contributed by atoms with Crippen LogP contribution in [0.1, 0.15) is 39.5 Å². The molecule has 4 unspecified atom stereocenters. The molecule has 4 heteroatoms. The van der Waals surface area contributed by atoms with Gasteiger partial charge >= 0.3 is 0 Å². The van der Waals surface area contributed by atoms with Gasteiger partial charge in [0, 0.05) is 16.0 Å². The van der Waals surface area contributed by atoms with Crippen LogP contribution < -0.4 is 5.32 Å². The maximum absolute atomic E-state index is 12.9. The summed E-state index contributed by atoms with van der Waals surface area (Å²) >= 11 is 5.91. The Kier molecular flexibility index (Phi) is 6.06. The van der Waals surface area contributed by atoms with Crippen molar-refractivity contribution in [1.29, 1.82) is 0 Å². The van der Waals surface area contributed by atoms with Crippen LogP contribution in [0, 0.1) is 5.92 Å². The summed E-state index contributed by atoms with van der Waals surface area (Å²) in [6.45, 7) is 5.30. The molecule has 1 N–H and O–H groups in total. The lowest BCUT2D eigenvalue weighted by atomic mass is 9.84. The molecule has 2 nitrogen and oxygen atoms in total. The molecule has 20 heavy (non-hydrogen) atoms. The number of halogens is 1. The second-order valence-electron chi connectivity index (χ2n) is 5.54. The van der Waals surface area contributed by atoms with E-state index in [1.807, 2.05) is 24.3 Å².